The number of aliphatic carboxylic acids is 1. The highest BCUT2D eigenvalue weighted by atomic mass is 32.1. The third-order valence-electron chi connectivity index (χ3n) is 3.45. The third kappa shape index (κ3) is 2.38. The summed E-state index contributed by atoms with van der Waals surface area (Å²) in [5, 5.41) is 14.5. The molecule has 1 heterocycles. The van der Waals surface area contributed by atoms with E-state index in [0.29, 0.717) is 6.42 Å². The van der Waals surface area contributed by atoms with Crippen molar-refractivity contribution in [1.82, 2.24) is 10.3 Å². The second-order valence-corrected chi connectivity index (χ2v) is 5.69. The minimum Gasteiger partial charge on any atom is -0.481 e. The average molecular weight is 268 g/mol. The molecule has 0 saturated heterocycles. The predicted octanol–water partition coefficient (Wildman–Crippen LogP) is 1.61. The van der Waals surface area contributed by atoms with Crippen LogP contribution < -0.4 is 5.32 Å². The number of carboxylic acids is 1. The zero-order valence-corrected chi connectivity index (χ0v) is 11.2. The first-order valence-electron chi connectivity index (χ1n) is 5.92. The lowest BCUT2D eigenvalue weighted by Crippen LogP contribution is -2.44. The van der Waals surface area contributed by atoms with E-state index in [4.69, 9.17) is 5.11 Å². The fraction of sp³-hybridized carbons (Fsp3) is 0.583. The largest absolute Gasteiger partial charge is 0.481 e. The fourth-order valence-corrected chi connectivity index (χ4v) is 2.74. The molecule has 1 aromatic rings. The maximum Gasteiger partial charge on any atom is 0.307 e. The minimum atomic E-state index is -0.886. The van der Waals surface area contributed by atoms with E-state index in [-0.39, 0.29) is 11.8 Å². The molecule has 18 heavy (non-hydrogen) atoms. The predicted molar refractivity (Wildman–Crippen MR) is 67.1 cm³/mol. The Hall–Kier alpha value is -1.43. The quantitative estimate of drug-likeness (QED) is 0.850. The highest BCUT2D eigenvalue weighted by Gasteiger charge is 2.49. The van der Waals surface area contributed by atoms with Crippen molar-refractivity contribution in [2.75, 3.05) is 0 Å². The van der Waals surface area contributed by atoms with Crippen LogP contribution in [0.15, 0.2) is 11.6 Å². The van der Waals surface area contributed by atoms with E-state index in [1.807, 2.05) is 19.2 Å². The zero-order chi connectivity index (χ0) is 13.3. The van der Waals surface area contributed by atoms with Gasteiger partial charge in [-0.25, -0.2) is 4.98 Å². The van der Waals surface area contributed by atoms with Gasteiger partial charge in [-0.2, -0.15) is 0 Å². The monoisotopic (exact) mass is 268 g/mol. The molecule has 2 N–H and O–H groups in total. The van der Waals surface area contributed by atoms with Crippen LogP contribution >= 0.6 is 11.3 Å². The third-order valence-corrected chi connectivity index (χ3v) is 4.49. The normalized spacial score (nSPS) is 25.2. The highest BCUT2D eigenvalue weighted by Crippen LogP contribution is 2.40. The molecule has 1 fully saturated rings. The van der Waals surface area contributed by atoms with Crippen molar-refractivity contribution in [3.63, 3.8) is 0 Å². The summed E-state index contributed by atoms with van der Waals surface area (Å²) in [6.45, 7) is 3.89. The van der Waals surface area contributed by atoms with Crippen molar-refractivity contribution < 1.29 is 14.7 Å². The van der Waals surface area contributed by atoms with Crippen LogP contribution in [0.3, 0.4) is 0 Å². The molecular weight excluding hydrogens is 252 g/mol. The molecule has 0 radical (unpaired) electrons. The van der Waals surface area contributed by atoms with Gasteiger partial charge < -0.3 is 10.4 Å². The second kappa shape index (κ2) is 4.68. The number of carboxylic acid groups (broad SMARTS) is 1. The van der Waals surface area contributed by atoms with E-state index in [1.54, 1.807) is 6.20 Å². The average Bonchev–Trinajstić information content (AvgIpc) is 2.95. The van der Waals surface area contributed by atoms with Crippen LogP contribution in [-0.4, -0.2) is 22.0 Å². The van der Waals surface area contributed by atoms with Gasteiger partial charge in [0.05, 0.1) is 17.4 Å². The first kappa shape index (κ1) is 13.0. The summed E-state index contributed by atoms with van der Waals surface area (Å²) >= 11 is 1.49. The highest BCUT2D eigenvalue weighted by molar-refractivity contribution is 7.09. The van der Waals surface area contributed by atoms with Gasteiger partial charge >= 0.3 is 5.97 Å². The van der Waals surface area contributed by atoms with Gasteiger partial charge in [0.15, 0.2) is 0 Å². The van der Waals surface area contributed by atoms with E-state index in [9.17, 15) is 9.59 Å². The van der Waals surface area contributed by atoms with Crippen LogP contribution in [0.5, 0.6) is 0 Å². The van der Waals surface area contributed by atoms with Crippen LogP contribution in [0.25, 0.3) is 0 Å². The summed E-state index contributed by atoms with van der Waals surface area (Å²) < 4.78 is 0. The number of thiazole rings is 1. The van der Waals surface area contributed by atoms with Gasteiger partial charge in [-0.05, 0) is 19.8 Å². The van der Waals surface area contributed by atoms with Gasteiger partial charge in [0.2, 0.25) is 5.91 Å². The summed E-state index contributed by atoms with van der Waals surface area (Å²) in [5.74, 6) is -1.96. The number of carbonyl (C=O) groups excluding carboxylic acids is 1. The Morgan fingerprint density at radius 1 is 1.61 bits per heavy atom. The summed E-state index contributed by atoms with van der Waals surface area (Å²) in [6, 6.07) is 0. The van der Waals surface area contributed by atoms with Crippen molar-refractivity contribution in [2.24, 2.45) is 11.8 Å². The van der Waals surface area contributed by atoms with Crippen molar-refractivity contribution in [1.29, 1.82) is 0 Å². The molecule has 0 unspecified atom stereocenters. The van der Waals surface area contributed by atoms with Gasteiger partial charge in [-0.3, -0.25) is 9.59 Å². The molecule has 1 aromatic heterocycles. The smallest absolute Gasteiger partial charge is 0.307 e. The van der Waals surface area contributed by atoms with E-state index >= 15 is 0 Å². The lowest BCUT2D eigenvalue weighted by molar-refractivity contribution is -0.140. The topological polar surface area (TPSA) is 79.3 Å². The molecule has 0 aliphatic heterocycles. The maximum atomic E-state index is 12.0. The molecule has 6 heteroatoms. The molecule has 0 aromatic carbocycles. The Morgan fingerprint density at radius 3 is 2.78 bits per heavy atom. The molecule has 5 nitrogen and oxygen atoms in total. The fourth-order valence-electron chi connectivity index (χ4n) is 1.91. The van der Waals surface area contributed by atoms with Gasteiger partial charge in [-0.1, -0.05) is 6.92 Å². The number of aromatic nitrogens is 1. The number of carbonyl (C=O) groups is 2. The molecule has 1 amide bonds. The molecule has 1 aliphatic rings. The van der Waals surface area contributed by atoms with Gasteiger partial charge in [0, 0.05) is 11.6 Å². The molecule has 1 saturated carbocycles. The number of rotatable bonds is 5. The van der Waals surface area contributed by atoms with Crippen molar-refractivity contribution in [2.45, 2.75) is 32.2 Å². The lowest BCUT2D eigenvalue weighted by atomic mass is 9.99. The Balaban J connectivity index is 2.04. The molecule has 0 spiro atoms. The van der Waals surface area contributed by atoms with Gasteiger partial charge in [0.1, 0.15) is 5.01 Å². The Bertz CT molecular complexity index is 460. The SMILES string of the molecule is CC[C@](C)(NC(=O)[C@H]1C[C@@H]1C(=O)O)c1nccs1. The van der Waals surface area contributed by atoms with Crippen molar-refractivity contribution in [3.05, 3.63) is 16.6 Å². The van der Waals surface area contributed by atoms with Crippen LogP contribution in [0.1, 0.15) is 31.7 Å². The molecule has 3 atom stereocenters. The van der Waals surface area contributed by atoms with Crippen molar-refractivity contribution >= 4 is 23.2 Å². The van der Waals surface area contributed by atoms with Crippen LogP contribution in [0.2, 0.25) is 0 Å². The minimum absolute atomic E-state index is 0.179. The first-order valence-corrected chi connectivity index (χ1v) is 6.80. The molecular formula is C12H16N2O3S. The number of nitrogens with one attached hydrogen (secondary N) is 1. The number of hydrogen-bond donors (Lipinski definition) is 2. The summed E-state index contributed by atoms with van der Waals surface area (Å²) in [4.78, 5) is 27.0. The summed E-state index contributed by atoms with van der Waals surface area (Å²) in [6.07, 6.45) is 2.87. The molecule has 2 rings (SSSR count). The number of amides is 1. The molecule has 1 aliphatic carbocycles. The maximum absolute atomic E-state index is 12.0. The number of nitrogens with zero attached hydrogens (tertiary/aromatic N) is 1. The van der Waals surface area contributed by atoms with Crippen molar-refractivity contribution in [3.8, 4) is 0 Å². The summed E-state index contributed by atoms with van der Waals surface area (Å²) in [5.41, 5.74) is -0.503. The van der Waals surface area contributed by atoms with Gasteiger partial charge in [-0.15, -0.1) is 11.3 Å². The van der Waals surface area contributed by atoms with E-state index < -0.39 is 17.4 Å². The Labute approximate surface area is 109 Å². The van der Waals surface area contributed by atoms with E-state index in [1.165, 1.54) is 11.3 Å². The van der Waals surface area contributed by atoms with E-state index in [0.717, 1.165) is 11.4 Å². The molecule has 98 valence electrons. The van der Waals surface area contributed by atoms with Crippen LogP contribution in [0, 0.1) is 11.8 Å². The van der Waals surface area contributed by atoms with Gasteiger partial charge in [0.25, 0.3) is 0 Å². The van der Waals surface area contributed by atoms with E-state index in [2.05, 4.69) is 10.3 Å². The first-order chi connectivity index (χ1) is 8.48. The Kier molecular flexibility index (Phi) is 3.38. The summed E-state index contributed by atoms with van der Waals surface area (Å²) in [7, 11) is 0. The Morgan fingerprint density at radius 2 is 2.33 bits per heavy atom. The number of hydrogen-bond acceptors (Lipinski definition) is 4. The standard InChI is InChI=1S/C12H16N2O3S/c1-3-12(2,11-13-4-5-18-11)14-9(15)7-6-8(7)10(16)17/h4-5,7-8H,3,6H2,1-2H3,(H,14,15)(H,16,17)/t7-,8-,12-/m0/s1. The molecule has 0 bridgehead atoms. The zero-order valence-electron chi connectivity index (χ0n) is 10.3. The second-order valence-electron chi connectivity index (χ2n) is 4.80. The van der Waals surface area contributed by atoms with Crippen LogP contribution in [-0.2, 0) is 15.1 Å². The van der Waals surface area contributed by atoms with Crippen LogP contribution in [0.4, 0.5) is 0 Å². The lowest BCUT2D eigenvalue weighted by Gasteiger charge is -2.27.